The first-order valence-corrected chi connectivity index (χ1v) is 7.20. The van der Waals surface area contributed by atoms with Gasteiger partial charge in [0, 0.05) is 6.07 Å². The molecule has 0 N–H and O–H groups in total. The van der Waals surface area contributed by atoms with Gasteiger partial charge in [0.15, 0.2) is 11.9 Å². The number of carbonyl (C=O) groups excluding carboxylic acids is 1. The van der Waals surface area contributed by atoms with E-state index in [9.17, 15) is 9.18 Å². The lowest BCUT2D eigenvalue weighted by molar-refractivity contribution is -0.152. The Morgan fingerprint density at radius 1 is 1.25 bits per heavy atom. The summed E-state index contributed by atoms with van der Waals surface area (Å²) in [7, 11) is 0. The highest BCUT2D eigenvalue weighted by molar-refractivity contribution is 5.74. The largest absolute Gasteiger partial charge is 0.479 e. The predicted octanol–water partition coefficient (Wildman–Crippen LogP) is 3.58. The summed E-state index contributed by atoms with van der Waals surface area (Å²) in [6.45, 7) is 1.49. The molecule has 2 aromatic heterocycles. The van der Waals surface area contributed by atoms with Crippen molar-refractivity contribution >= 4 is 5.97 Å². The van der Waals surface area contributed by atoms with Crippen molar-refractivity contribution in [2.24, 2.45) is 0 Å². The number of carbonyl (C=O) groups is 1. The summed E-state index contributed by atoms with van der Waals surface area (Å²) < 4.78 is 33.6. The van der Waals surface area contributed by atoms with Crippen molar-refractivity contribution in [3.05, 3.63) is 60.2 Å². The van der Waals surface area contributed by atoms with Crippen molar-refractivity contribution in [3.63, 3.8) is 0 Å². The fourth-order valence-corrected chi connectivity index (χ4v) is 1.94. The number of hydrogen-bond donors (Lipinski definition) is 0. The molecule has 3 rings (SSSR count). The maximum Gasteiger partial charge on any atom is 0.347 e. The van der Waals surface area contributed by atoms with E-state index < -0.39 is 12.1 Å². The van der Waals surface area contributed by atoms with E-state index in [1.54, 1.807) is 25.1 Å². The van der Waals surface area contributed by atoms with Crippen molar-refractivity contribution in [3.8, 4) is 17.3 Å². The number of halogens is 1. The fraction of sp³-hybridized carbons (Fsp3) is 0.176. The van der Waals surface area contributed by atoms with E-state index in [1.165, 1.54) is 30.5 Å². The highest BCUT2D eigenvalue weighted by Gasteiger charge is 2.18. The third-order valence-electron chi connectivity index (χ3n) is 3.14. The van der Waals surface area contributed by atoms with Gasteiger partial charge in [0.05, 0.1) is 6.26 Å². The Labute approximate surface area is 136 Å². The molecule has 0 amide bonds. The molecule has 0 fully saturated rings. The highest BCUT2D eigenvalue weighted by atomic mass is 19.1. The van der Waals surface area contributed by atoms with Crippen LogP contribution >= 0.6 is 0 Å². The molecule has 2 heterocycles. The minimum absolute atomic E-state index is 0.0554. The van der Waals surface area contributed by atoms with Crippen LogP contribution in [0.2, 0.25) is 0 Å². The zero-order valence-corrected chi connectivity index (χ0v) is 12.8. The minimum Gasteiger partial charge on any atom is -0.479 e. The highest BCUT2D eigenvalue weighted by Crippen LogP contribution is 2.21. The molecular weight excluding hydrogens is 317 g/mol. The number of benzene rings is 1. The fourth-order valence-electron chi connectivity index (χ4n) is 1.94. The van der Waals surface area contributed by atoms with Crippen LogP contribution in [0, 0.1) is 5.82 Å². The quantitative estimate of drug-likeness (QED) is 0.643. The van der Waals surface area contributed by atoms with E-state index in [-0.39, 0.29) is 12.4 Å². The molecule has 0 aliphatic carbocycles. The number of nitrogens with zero attached hydrogens (tertiary/aromatic N) is 1. The average molecular weight is 331 g/mol. The molecule has 0 unspecified atom stereocenters. The molecule has 0 radical (unpaired) electrons. The van der Waals surface area contributed by atoms with Crippen LogP contribution in [0.4, 0.5) is 4.39 Å². The number of furan rings is 1. The van der Waals surface area contributed by atoms with Gasteiger partial charge in [-0.05, 0) is 43.3 Å². The first-order valence-electron chi connectivity index (χ1n) is 7.20. The molecule has 1 atom stereocenters. The van der Waals surface area contributed by atoms with Gasteiger partial charge in [-0.1, -0.05) is 5.16 Å². The molecule has 1 aromatic carbocycles. The monoisotopic (exact) mass is 331 g/mol. The van der Waals surface area contributed by atoms with Gasteiger partial charge < -0.3 is 18.4 Å². The number of aromatic nitrogens is 1. The summed E-state index contributed by atoms with van der Waals surface area (Å²) in [5, 5.41) is 3.80. The van der Waals surface area contributed by atoms with Crippen LogP contribution in [-0.2, 0) is 16.1 Å². The molecule has 0 aliphatic rings. The summed E-state index contributed by atoms with van der Waals surface area (Å²) in [6.07, 6.45) is 0.679. The molecule has 124 valence electrons. The van der Waals surface area contributed by atoms with E-state index in [0.717, 1.165) is 0 Å². The van der Waals surface area contributed by atoms with Crippen LogP contribution in [0.3, 0.4) is 0 Å². The normalized spacial score (nSPS) is 11.9. The van der Waals surface area contributed by atoms with Gasteiger partial charge in [0.1, 0.15) is 23.9 Å². The SMILES string of the molecule is C[C@H](Oc1ccc(F)cc1)C(=O)OCc1cc(-c2ccco2)on1. The average Bonchev–Trinajstić information content (AvgIpc) is 3.25. The van der Waals surface area contributed by atoms with Crippen molar-refractivity contribution < 1.29 is 27.6 Å². The van der Waals surface area contributed by atoms with Crippen LogP contribution in [0.25, 0.3) is 11.5 Å². The van der Waals surface area contributed by atoms with Gasteiger partial charge in [-0.2, -0.15) is 0 Å². The molecule has 0 aliphatic heterocycles. The Morgan fingerprint density at radius 2 is 2.04 bits per heavy atom. The van der Waals surface area contributed by atoms with Crippen molar-refractivity contribution in [2.75, 3.05) is 0 Å². The smallest absolute Gasteiger partial charge is 0.347 e. The Balaban J connectivity index is 1.52. The second-order valence-corrected chi connectivity index (χ2v) is 4.98. The van der Waals surface area contributed by atoms with Gasteiger partial charge in [-0.25, -0.2) is 9.18 Å². The standard InChI is InChI=1S/C17H14FNO5/c1-11(23-14-6-4-12(18)5-7-14)17(20)22-10-13-9-16(24-19-13)15-3-2-8-21-15/h2-9,11H,10H2,1H3/t11-/m0/s1. The Hall–Kier alpha value is -3.09. The van der Waals surface area contributed by atoms with Gasteiger partial charge in [-0.15, -0.1) is 0 Å². The first kappa shape index (κ1) is 15.8. The lowest BCUT2D eigenvalue weighted by Gasteiger charge is -2.13. The Kier molecular flexibility index (Phi) is 4.60. The van der Waals surface area contributed by atoms with Gasteiger partial charge in [0.2, 0.25) is 5.76 Å². The zero-order valence-electron chi connectivity index (χ0n) is 12.8. The van der Waals surface area contributed by atoms with Crippen molar-refractivity contribution in [2.45, 2.75) is 19.6 Å². The number of rotatable bonds is 6. The maximum absolute atomic E-state index is 12.8. The van der Waals surface area contributed by atoms with Crippen molar-refractivity contribution in [1.29, 1.82) is 0 Å². The number of hydrogen-bond acceptors (Lipinski definition) is 6. The van der Waals surface area contributed by atoms with Crippen LogP contribution in [0.15, 0.2) is 57.7 Å². The van der Waals surface area contributed by atoms with Gasteiger partial charge >= 0.3 is 5.97 Å². The topological polar surface area (TPSA) is 74.7 Å². The summed E-state index contributed by atoms with van der Waals surface area (Å²) in [6, 6.07) is 10.5. The molecule has 24 heavy (non-hydrogen) atoms. The van der Waals surface area contributed by atoms with Crippen LogP contribution < -0.4 is 4.74 Å². The maximum atomic E-state index is 12.8. The molecule has 6 nitrogen and oxygen atoms in total. The molecule has 0 spiro atoms. The van der Waals surface area contributed by atoms with E-state index >= 15 is 0 Å². The first-order chi connectivity index (χ1) is 11.6. The lowest BCUT2D eigenvalue weighted by atomic mass is 10.3. The third-order valence-corrected chi connectivity index (χ3v) is 3.14. The predicted molar refractivity (Wildman–Crippen MR) is 80.5 cm³/mol. The van der Waals surface area contributed by atoms with Crippen molar-refractivity contribution in [1.82, 2.24) is 5.16 Å². The van der Waals surface area contributed by atoms with Gasteiger partial charge in [-0.3, -0.25) is 0 Å². The summed E-state index contributed by atoms with van der Waals surface area (Å²) >= 11 is 0. The Bertz CT molecular complexity index is 795. The molecule has 0 saturated carbocycles. The van der Waals surface area contributed by atoms with E-state index in [2.05, 4.69) is 5.16 Å². The Morgan fingerprint density at radius 3 is 2.75 bits per heavy atom. The van der Waals surface area contributed by atoms with Crippen LogP contribution in [0.5, 0.6) is 5.75 Å². The van der Waals surface area contributed by atoms with E-state index in [0.29, 0.717) is 23.0 Å². The molecule has 3 aromatic rings. The number of esters is 1. The van der Waals surface area contributed by atoms with Crippen LogP contribution in [-0.4, -0.2) is 17.2 Å². The minimum atomic E-state index is -0.841. The second kappa shape index (κ2) is 6.99. The lowest BCUT2D eigenvalue weighted by Crippen LogP contribution is -2.26. The molecule has 7 heteroatoms. The summed E-state index contributed by atoms with van der Waals surface area (Å²) in [5.41, 5.74) is 0.448. The summed E-state index contributed by atoms with van der Waals surface area (Å²) in [4.78, 5) is 11.9. The van der Waals surface area contributed by atoms with E-state index in [1.807, 2.05) is 0 Å². The van der Waals surface area contributed by atoms with Gasteiger partial charge in [0.25, 0.3) is 0 Å². The summed E-state index contributed by atoms with van der Waals surface area (Å²) in [5.74, 6) is 0.412. The second-order valence-electron chi connectivity index (χ2n) is 4.98. The number of ether oxygens (including phenoxy) is 2. The molecule has 0 saturated heterocycles. The van der Waals surface area contributed by atoms with E-state index in [4.69, 9.17) is 18.4 Å². The molecule has 0 bridgehead atoms. The third kappa shape index (κ3) is 3.81. The van der Waals surface area contributed by atoms with Crippen LogP contribution in [0.1, 0.15) is 12.6 Å². The molecular formula is C17H14FNO5. The zero-order chi connectivity index (χ0) is 16.9.